The molecular weight excluding hydrogens is 342 g/mol. The number of carbonyl (C=O) groups excluding carboxylic acids is 2. The van der Waals surface area contributed by atoms with Gasteiger partial charge < -0.3 is 4.74 Å². The van der Waals surface area contributed by atoms with Crippen molar-refractivity contribution in [3.8, 4) is 5.75 Å². The van der Waals surface area contributed by atoms with Crippen molar-refractivity contribution in [1.82, 2.24) is 5.43 Å². The fraction of sp³-hybridized carbons (Fsp3) is 0.0952. The molecule has 0 fully saturated rings. The number of anilines is 1. The molecule has 0 spiro atoms. The van der Waals surface area contributed by atoms with Crippen LogP contribution in [0, 0.1) is 0 Å². The number of hydrazone groups is 1. The summed E-state index contributed by atoms with van der Waals surface area (Å²) >= 11 is 0. The van der Waals surface area contributed by atoms with Crippen molar-refractivity contribution in [3.05, 3.63) is 71.8 Å². The third-order valence-electron chi connectivity index (χ3n) is 4.45. The van der Waals surface area contributed by atoms with Crippen LogP contribution in [-0.4, -0.2) is 31.7 Å². The molecule has 0 bridgehead atoms. The van der Waals surface area contributed by atoms with Crippen LogP contribution in [0.2, 0.25) is 0 Å². The lowest BCUT2D eigenvalue weighted by molar-refractivity contribution is -0.119. The molecule has 0 unspecified atom stereocenters. The topological polar surface area (TPSA) is 71.0 Å². The van der Waals surface area contributed by atoms with Crippen molar-refractivity contribution < 1.29 is 14.3 Å². The summed E-state index contributed by atoms with van der Waals surface area (Å²) in [6.45, 7) is -0.0952. The van der Waals surface area contributed by atoms with Gasteiger partial charge >= 0.3 is 0 Å². The number of ether oxygens (including phenoxy) is 1. The second-order valence-electron chi connectivity index (χ2n) is 6.14. The first kappa shape index (κ1) is 16.8. The largest absolute Gasteiger partial charge is 0.497 e. The third kappa shape index (κ3) is 3.13. The van der Waals surface area contributed by atoms with E-state index in [0.717, 1.165) is 22.0 Å². The first-order valence-electron chi connectivity index (χ1n) is 8.47. The van der Waals surface area contributed by atoms with Crippen molar-refractivity contribution in [2.45, 2.75) is 0 Å². The minimum Gasteiger partial charge on any atom is -0.497 e. The molecule has 1 aliphatic heterocycles. The van der Waals surface area contributed by atoms with Crippen LogP contribution in [0.4, 0.5) is 5.69 Å². The van der Waals surface area contributed by atoms with Gasteiger partial charge in [0.05, 0.1) is 19.0 Å². The van der Waals surface area contributed by atoms with E-state index < -0.39 is 0 Å². The Labute approximate surface area is 156 Å². The van der Waals surface area contributed by atoms with Crippen LogP contribution in [0.1, 0.15) is 15.9 Å². The molecule has 1 heterocycles. The Morgan fingerprint density at radius 1 is 1.15 bits per heavy atom. The highest BCUT2D eigenvalue weighted by atomic mass is 16.5. The van der Waals surface area contributed by atoms with E-state index in [1.807, 2.05) is 48.5 Å². The number of methoxy groups -OCH3 is 1. The van der Waals surface area contributed by atoms with E-state index in [0.29, 0.717) is 11.3 Å². The Balaban J connectivity index is 1.47. The fourth-order valence-corrected chi connectivity index (χ4v) is 3.22. The maximum Gasteiger partial charge on any atom is 0.260 e. The molecule has 134 valence electrons. The monoisotopic (exact) mass is 359 g/mol. The molecular formula is C21H17N3O3. The molecule has 4 rings (SSSR count). The zero-order chi connectivity index (χ0) is 18.8. The van der Waals surface area contributed by atoms with Gasteiger partial charge in [0.25, 0.3) is 11.8 Å². The zero-order valence-corrected chi connectivity index (χ0v) is 14.7. The summed E-state index contributed by atoms with van der Waals surface area (Å²) in [5, 5.41) is 5.83. The predicted molar refractivity (Wildman–Crippen MR) is 104 cm³/mol. The van der Waals surface area contributed by atoms with E-state index in [1.54, 1.807) is 19.2 Å². The number of nitrogens with one attached hydrogen (secondary N) is 1. The van der Waals surface area contributed by atoms with Gasteiger partial charge in [-0.1, -0.05) is 36.4 Å². The number of carbonyl (C=O) groups is 2. The molecule has 27 heavy (non-hydrogen) atoms. The van der Waals surface area contributed by atoms with E-state index in [-0.39, 0.29) is 18.4 Å². The van der Waals surface area contributed by atoms with Crippen LogP contribution < -0.4 is 15.1 Å². The van der Waals surface area contributed by atoms with Crippen LogP contribution in [0.25, 0.3) is 10.8 Å². The second-order valence-corrected chi connectivity index (χ2v) is 6.14. The summed E-state index contributed by atoms with van der Waals surface area (Å²) in [6.07, 6.45) is 1.53. The molecule has 0 saturated heterocycles. The maximum absolute atomic E-state index is 12.7. The van der Waals surface area contributed by atoms with Gasteiger partial charge in [-0.2, -0.15) is 5.10 Å². The lowest BCUT2D eigenvalue weighted by Crippen LogP contribution is -2.37. The molecule has 0 aliphatic carbocycles. The SMILES string of the molecule is COc1cccc(/C=N/NC(=O)CN2C(=O)c3cccc4cccc2c34)c1. The number of hydrogen-bond donors (Lipinski definition) is 1. The Morgan fingerprint density at radius 2 is 1.93 bits per heavy atom. The van der Waals surface area contributed by atoms with Gasteiger partial charge in [-0.15, -0.1) is 0 Å². The van der Waals surface area contributed by atoms with Gasteiger partial charge in [0.15, 0.2) is 0 Å². The van der Waals surface area contributed by atoms with Crippen LogP contribution in [0.15, 0.2) is 65.8 Å². The molecule has 1 aliphatic rings. The summed E-state index contributed by atoms with van der Waals surface area (Å²) in [5.74, 6) is 0.167. The number of hydrogen-bond acceptors (Lipinski definition) is 4. The molecule has 0 radical (unpaired) electrons. The van der Waals surface area contributed by atoms with Crippen LogP contribution in [0.3, 0.4) is 0 Å². The van der Waals surface area contributed by atoms with Crippen molar-refractivity contribution in [2.75, 3.05) is 18.6 Å². The fourth-order valence-electron chi connectivity index (χ4n) is 3.22. The van der Waals surface area contributed by atoms with Gasteiger partial charge in [-0.3, -0.25) is 14.5 Å². The van der Waals surface area contributed by atoms with Gasteiger partial charge in [0.2, 0.25) is 0 Å². The van der Waals surface area contributed by atoms with Crippen molar-refractivity contribution in [2.24, 2.45) is 5.10 Å². The van der Waals surface area contributed by atoms with E-state index in [9.17, 15) is 9.59 Å². The van der Waals surface area contributed by atoms with Gasteiger partial charge in [0.1, 0.15) is 12.3 Å². The number of nitrogens with zero attached hydrogens (tertiary/aromatic N) is 2. The molecule has 6 heteroatoms. The van der Waals surface area contributed by atoms with Crippen molar-refractivity contribution in [3.63, 3.8) is 0 Å². The van der Waals surface area contributed by atoms with Gasteiger partial charge in [0, 0.05) is 10.9 Å². The van der Waals surface area contributed by atoms with Gasteiger partial charge in [-0.05, 0) is 35.2 Å². The molecule has 3 aromatic rings. The molecule has 6 nitrogen and oxygen atoms in total. The Hall–Kier alpha value is -3.67. The zero-order valence-electron chi connectivity index (χ0n) is 14.7. The van der Waals surface area contributed by atoms with Crippen molar-refractivity contribution >= 4 is 34.5 Å². The number of rotatable bonds is 5. The first-order chi connectivity index (χ1) is 13.2. The normalized spacial score (nSPS) is 12.8. The van der Waals surface area contributed by atoms with Crippen molar-refractivity contribution in [1.29, 1.82) is 0 Å². The molecule has 0 atom stereocenters. The Bertz CT molecular complexity index is 1070. The quantitative estimate of drug-likeness (QED) is 0.562. The van der Waals surface area contributed by atoms with Crippen LogP contribution >= 0.6 is 0 Å². The lowest BCUT2D eigenvalue weighted by atomic mass is 10.1. The summed E-state index contributed by atoms with van der Waals surface area (Å²) in [4.78, 5) is 26.4. The summed E-state index contributed by atoms with van der Waals surface area (Å²) in [7, 11) is 1.59. The molecule has 2 amide bonds. The van der Waals surface area contributed by atoms with Gasteiger partial charge in [-0.25, -0.2) is 5.43 Å². The molecule has 0 saturated carbocycles. The average Bonchev–Trinajstić information content (AvgIpc) is 2.96. The summed E-state index contributed by atoms with van der Waals surface area (Å²) in [6, 6.07) is 18.6. The molecule has 3 aromatic carbocycles. The highest BCUT2D eigenvalue weighted by Gasteiger charge is 2.30. The molecule has 0 aromatic heterocycles. The van der Waals surface area contributed by atoms with E-state index in [1.165, 1.54) is 11.1 Å². The number of amides is 2. The lowest BCUT2D eigenvalue weighted by Gasteiger charge is -2.16. The highest BCUT2D eigenvalue weighted by Crippen LogP contribution is 2.36. The second kappa shape index (κ2) is 6.92. The maximum atomic E-state index is 12.7. The minimum absolute atomic E-state index is 0.0952. The smallest absolute Gasteiger partial charge is 0.260 e. The van der Waals surface area contributed by atoms with E-state index in [2.05, 4.69) is 10.5 Å². The standard InChI is InChI=1S/C21H17N3O3/c1-27-16-8-2-5-14(11-16)12-22-23-19(25)13-24-18-10-4-7-15-6-3-9-17(20(15)18)21(24)26/h2-12H,13H2,1H3,(H,23,25)/b22-12+. The van der Waals surface area contributed by atoms with E-state index >= 15 is 0 Å². The Kier molecular flexibility index (Phi) is 4.30. The minimum atomic E-state index is -0.368. The van der Waals surface area contributed by atoms with E-state index in [4.69, 9.17) is 4.74 Å². The predicted octanol–water partition coefficient (Wildman–Crippen LogP) is 2.96. The number of benzene rings is 3. The van der Waals surface area contributed by atoms with Crippen LogP contribution in [0.5, 0.6) is 5.75 Å². The summed E-state index contributed by atoms with van der Waals surface area (Å²) < 4.78 is 5.15. The first-order valence-corrected chi connectivity index (χ1v) is 8.47. The molecule has 1 N–H and O–H groups in total. The summed E-state index contributed by atoms with van der Waals surface area (Å²) in [5.41, 5.74) is 4.64. The van der Waals surface area contributed by atoms with Crippen LogP contribution in [-0.2, 0) is 4.79 Å². The average molecular weight is 359 g/mol. The highest BCUT2D eigenvalue weighted by molar-refractivity contribution is 6.26. The Morgan fingerprint density at radius 3 is 2.74 bits per heavy atom. The third-order valence-corrected chi connectivity index (χ3v) is 4.45.